The Bertz CT molecular complexity index is 189. The Morgan fingerprint density at radius 3 is 2.86 bits per heavy atom. The third kappa shape index (κ3) is 3.00. The first kappa shape index (κ1) is 11.5. The van der Waals surface area contributed by atoms with Crippen LogP contribution < -0.4 is 0 Å². The molecule has 82 valence electrons. The van der Waals surface area contributed by atoms with E-state index in [0.717, 1.165) is 19.3 Å². The molecule has 14 heavy (non-hydrogen) atoms. The van der Waals surface area contributed by atoms with Gasteiger partial charge in [0.25, 0.3) is 0 Å². The molecule has 0 aromatic rings. The van der Waals surface area contributed by atoms with Crippen LogP contribution in [0.1, 0.15) is 33.1 Å². The fourth-order valence-corrected chi connectivity index (χ4v) is 1.61. The molecule has 2 atom stereocenters. The van der Waals surface area contributed by atoms with Gasteiger partial charge in [-0.1, -0.05) is 6.92 Å². The summed E-state index contributed by atoms with van der Waals surface area (Å²) in [5.74, 6) is 0.691. The van der Waals surface area contributed by atoms with Crippen LogP contribution in [0.15, 0.2) is 11.8 Å². The van der Waals surface area contributed by atoms with Gasteiger partial charge in [0.15, 0.2) is 0 Å². The number of aliphatic hydroxyl groups excluding tert-OH is 1. The first-order valence-electron chi connectivity index (χ1n) is 5.42. The minimum Gasteiger partial charge on any atom is -0.495 e. The van der Waals surface area contributed by atoms with Gasteiger partial charge < -0.3 is 14.6 Å². The number of aliphatic hydroxyl groups is 1. The van der Waals surface area contributed by atoms with Crippen LogP contribution in [0.4, 0.5) is 0 Å². The second-order valence-corrected chi connectivity index (χ2v) is 3.44. The summed E-state index contributed by atoms with van der Waals surface area (Å²) in [4.78, 5) is 0. The SMILES string of the molecule is CCOC(CC)C(O)C1=CCCCO1. The van der Waals surface area contributed by atoms with Crippen molar-refractivity contribution in [3.8, 4) is 0 Å². The Labute approximate surface area is 85.7 Å². The van der Waals surface area contributed by atoms with Gasteiger partial charge in [0, 0.05) is 6.61 Å². The number of allylic oxidation sites excluding steroid dienone is 1. The fraction of sp³-hybridized carbons (Fsp3) is 0.818. The van der Waals surface area contributed by atoms with Crippen LogP contribution in [0, 0.1) is 0 Å². The molecule has 1 heterocycles. The largest absolute Gasteiger partial charge is 0.495 e. The van der Waals surface area contributed by atoms with Gasteiger partial charge in [-0.3, -0.25) is 0 Å². The maximum Gasteiger partial charge on any atom is 0.137 e. The second kappa shape index (κ2) is 6.04. The molecule has 0 bridgehead atoms. The molecule has 1 N–H and O–H groups in total. The topological polar surface area (TPSA) is 38.7 Å². The maximum atomic E-state index is 9.95. The number of ether oxygens (including phenoxy) is 2. The van der Waals surface area contributed by atoms with E-state index < -0.39 is 6.10 Å². The zero-order valence-electron chi connectivity index (χ0n) is 9.03. The van der Waals surface area contributed by atoms with Gasteiger partial charge in [0.2, 0.25) is 0 Å². The van der Waals surface area contributed by atoms with E-state index in [4.69, 9.17) is 9.47 Å². The molecule has 1 aliphatic rings. The van der Waals surface area contributed by atoms with Crippen LogP contribution in [0.5, 0.6) is 0 Å². The van der Waals surface area contributed by atoms with Crippen molar-refractivity contribution >= 4 is 0 Å². The molecule has 1 aliphatic heterocycles. The summed E-state index contributed by atoms with van der Waals surface area (Å²) in [7, 11) is 0. The summed E-state index contributed by atoms with van der Waals surface area (Å²) in [5, 5.41) is 9.95. The summed E-state index contributed by atoms with van der Waals surface area (Å²) in [6, 6.07) is 0. The Morgan fingerprint density at radius 1 is 1.57 bits per heavy atom. The van der Waals surface area contributed by atoms with E-state index in [-0.39, 0.29) is 6.10 Å². The standard InChI is InChI=1S/C11H20O3/c1-3-9(13-4-2)11(12)10-7-5-6-8-14-10/h7,9,11-12H,3-6,8H2,1-2H3. The van der Waals surface area contributed by atoms with Crippen LogP contribution in [-0.2, 0) is 9.47 Å². The molecule has 0 radical (unpaired) electrons. The van der Waals surface area contributed by atoms with E-state index >= 15 is 0 Å². The number of hydrogen-bond donors (Lipinski definition) is 1. The molecule has 3 heteroatoms. The summed E-state index contributed by atoms with van der Waals surface area (Å²) < 4.78 is 10.8. The molecule has 0 spiro atoms. The smallest absolute Gasteiger partial charge is 0.137 e. The Kier molecular flexibility index (Phi) is 4.98. The van der Waals surface area contributed by atoms with Crippen molar-refractivity contribution < 1.29 is 14.6 Å². The lowest BCUT2D eigenvalue weighted by atomic mass is 10.1. The van der Waals surface area contributed by atoms with Crippen LogP contribution in [0.3, 0.4) is 0 Å². The molecule has 0 amide bonds. The molecule has 2 unspecified atom stereocenters. The molecular formula is C11H20O3. The first-order valence-corrected chi connectivity index (χ1v) is 5.42. The van der Waals surface area contributed by atoms with E-state index in [2.05, 4.69) is 0 Å². The highest BCUT2D eigenvalue weighted by Gasteiger charge is 2.23. The van der Waals surface area contributed by atoms with Gasteiger partial charge in [-0.15, -0.1) is 0 Å². The fourth-order valence-electron chi connectivity index (χ4n) is 1.61. The van der Waals surface area contributed by atoms with Crippen LogP contribution >= 0.6 is 0 Å². The van der Waals surface area contributed by atoms with Gasteiger partial charge in [-0.25, -0.2) is 0 Å². The van der Waals surface area contributed by atoms with Crippen molar-refractivity contribution in [1.29, 1.82) is 0 Å². The molecule has 0 aliphatic carbocycles. The number of hydrogen-bond acceptors (Lipinski definition) is 3. The van der Waals surface area contributed by atoms with Crippen LogP contribution in [0.2, 0.25) is 0 Å². The average molecular weight is 200 g/mol. The van der Waals surface area contributed by atoms with Gasteiger partial charge in [-0.2, -0.15) is 0 Å². The Morgan fingerprint density at radius 2 is 2.36 bits per heavy atom. The highest BCUT2D eigenvalue weighted by Crippen LogP contribution is 2.18. The van der Waals surface area contributed by atoms with E-state index in [0.29, 0.717) is 19.0 Å². The number of rotatable bonds is 5. The molecular weight excluding hydrogens is 180 g/mol. The van der Waals surface area contributed by atoms with E-state index in [1.165, 1.54) is 0 Å². The quantitative estimate of drug-likeness (QED) is 0.736. The lowest BCUT2D eigenvalue weighted by molar-refractivity contribution is -0.0433. The van der Waals surface area contributed by atoms with Crippen molar-refractivity contribution in [2.75, 3.05) is 13.2 Å². The minimum absolute atomic E-state index is 0.135. The highest BCUT2D eigenvalue weighted by molar-refractivity contribution is 5.04. The predicted octanol–water partition coefficient (Wildman–Crippen LogP) is 1.86. The molecule has 1 rings (SSSR count). The minimum atomic E-state index is -0.597. The normalized spacial score (nSPS) is 20.9. The third-order valence-corrected chi connectivity index (χ3v) is 2.39. The lowest BCUT2D eigenvalue weighted by Gasteiger charge is -2.25. The van der Waals surface area contributed by atoms with Crippen molar-refractivity contribution in [3.05, 3.63) is 11.8 Å². The van der Waals surface area contributed by atoms with E-state index in [1.807, 2.05) is 19.9 Å². The van der Waals surface area contributed by atoms with Gasteiger partial charge in [0.05, 0.1) is 12.7 Å². The van der Waals surface area contributed by atoms with Crippen molar-refractivity contribution in [2.45, 2.75) is 45.3 Å². The molecule has 0 aromatic heterocycles. The summed E-state index contributed by atoms with van der Waals surface area (Å²) in [5.41, 5.74) is 0. The zero-order chi connectivity index (χ0) is 10.4. The van der Waals surface area contributed by atoms with Crippen molar-refractivity contribution in [3.63, 3.8) is 0 Å². The average Bonchev–Trinajstić information content (AvgIpc) is 2.26. The zero-order valence-corrected chi connectivity index (χ0v) is 9.03. The van der Waals surface area contributed by atoms with Gasteiger partial charge in [-0.05, 0) is 32.3 Å². The third-order valence-electron chi connectivity index (χ3n) is 2.39. The summed E-state index contributed by atoms with van der Waals surface area (Å²) in [6.45, 7) is 5.28. The lowest BCUT2D eigenvalue weighted by Crippen LogP contribution is -2.32. The van der Waals surface area contributed by atoms with Crippen molar-refractivity contribution in [2.24, 2.45) is 0 Å². The molecule has 3 nitrogen and oxygen atoms in total. The van der Waals surface area contributed by atoms with E-state index in [1.54, 1.807) is 0 Å². The monoisotopic (exact) mass is 200 g/mol. The molecule has 0 fully saturated rings. The maximum absolute atomic E-state index is 9.95. The highest BCUT2D eigenvalue weighted by atomic mass is 16.5. The molecule has 0 saturated heterocycles. The molecule has 0 aromatic carbocycles. The van der Waals surface area contributed by atoms with Gasteiger partial charge >= 0.3 is 0 Å². The first-order chi connectivity index (χ1) is 6.79. The van der Waals surface area contributed by atoms with Crippen molar-refractivity contribution in [1.82, 2.24) is 0 Å². The summed E-state index contributed by atoms with van der Waals surface area (Å²) in [6.07, 6.45) is 4.08. The second-order valence-electron chi connectivity index (χ2n) is 3.44. The predicted molar refractivity (Wildman–Crippen MR) is 55.0 cm³/mol. The molecule has 0 saturated carbocycles. The van der Waals surface area contributed by atoms with Gasteiger partial charge in [0.1, 0.15) is 11.9 Å². The van der Waals surface area contributed by atoms with Crippen LogP contribution in [0.25, 0.3) is 0 Å². The Hall–Kier alpha value is -0.540. The van der Waals surface area contributed by atoms with E-state index in [9.17, 15) is 5.11 Å². The summed E-state index contributed by atoms with van der Waals surface area (Å²) >= 11 is 0. The Balaban J connectivity index is 2.51. The van der Waals surface area contributed by atoms with Crippen LogP contribution in [-0.4, -0.2) is 30.5 Å².